The molecule has 0 aliphatic carbocycles. The molecule has 2 aromatic carbocycles. The van der Waals surface area contributed by atoms with Crippen molar-refractivity contribution in [3.05, 3.63) is 65.7 Å². The molecule has 4 nitrogen and oxygen atoms in total. The minimum atomic E-state index is -2.90. The number of hydrogen-bond donors (Lipinski definition) is 0. The van der Waals surface area contributed by atoms with Crippen LogP contribution in [0.4, 0.5) is 5.69 Å². The van der Waals surface area contributed by atoms with Crippen molar-refractivity contribution in [2.24, 2.45) is 4.99 Å². The summed E-state index contributed by atoms with van der Waals surface area (Å²) in [6.07, 6.45) is 1.89. The Labute approximate surface area is 195 Å². The van der Waals surface area contributed by atoms with Gasteiger partial charge in [0, 0.05) is 10.5 Å². The van der Waals surface area contributed by atoms with E-state index < -0.39 is 5.70 Å². The fourth-order valence-electron chi connectivity index (χ4n) is 2.77. The van der Waals surface area contributed by atoms with Crippen molar-refractivity contribution in [3.8, 4) is 6.07 Å². The number of nitriles is 1. The molecule has 0 aliphatic rings. The first-order chi connectivity index (χ1) is 14.8. The topological polar surface area (TPSA) is 56.5 Å². The van der Waals surface area contributed by atoms with E-state index in [1.54, 1.807) is 28.8 Å². The van der Waals surface area contributed by atoms with Gasteiger partial charge in [0.25, 0.3) is 5.70 Å². The molecule has 7 heteroatoms. The molecule has 2 rings (SSSR count). The van der Waals surface area contributed by atoms with E-state index in [1.165, 1.54) is 0 Å². The Balaban J connectivity index is 2.56. The molecule has 2 atom stereocenters. The zero-order valence-corrected chi connectivity index (χ0v) is 21.5. The van der Waals surface area contributed by atoms with Gasteiger partial charge in [-0.3, -0.25) is 9.24 Å². The molecule has 0 fully saturated rings. The van der Waals surface area contributed by atoms with Crippen LogP contribution in [0, 0.1) is 11.3 Å². The molecule has 0 saturated heterocycles. The summed E-state index contributed by atoms with van der Waals surface area (Å²) in [7, 11) is 0. The van der Waals surface area contributed by atoms with Crippen LogP contribution in [-0.2, 0) is 11.1 Å². The van der Waals surface area contributed by atoms with E-state index in [9.17, 15) is 9.83 Å². The Morgan fingerprint density at radius 3 is 2.13 bits per heavy atom. The summed E-state index contributed by atoms with van der Waals surface area (Å²) in [5.41, 5.74) is -0.700. The first-order valence-corrected chi connectivity index (χ1v) is 15.3. The van der Waals surface area contributed by atoms with E-state index >= 15 is 0 Å². The molecule has 0 radical (unpaired) electrons. The second-order valence-corrected chi connectivity index (χ2v) is 15.8. The van der Waals surface area contributed by atoms with Gasteiger partial charge in [-0.2, -0.15) is 5.26 Å². The Kier molecular flexibility index (Phi) is 10.2. The van der Waals surface area contributed by atoms with Gasteiger partial charge in [0.05, 0.1) is 17.8 Å². The van der Waals surface area contributed by atoms with Crippen molar-refractivity contribution in [3.63, 3.8) is 0 Å². The number of rotatable bonds is 10. The van der Waals surface area contributed by atoms with Crippen molar-refractivity contribution >= 4 is 40.0 Å². The van der Waals surface area contributed by atoms with E-state index in [0.29, 0.717) is 23.6 Å². The third-order valence-electron chi connectivity index (χ3n) is 4.93. The van der Waals surface area contributed by atoms with Crippen molar-refractivity contribution < 1.29 is 4.57 Å². The molecule has 2 unspecified atom stereocenters. The Hall–Kier alpha value is -1.67. The molecule has 166 valence electrons. The summed E-state index contributed by atoms with van der Waals surface area (Å²) in [4.78, 5) is 4.78. The molecule has 0 amide bonds. The van der Waals surface area contributed by atoms with E-state index in [4.69, 9.17) is 4.99 Å². The maximum atomic E-state index is 14.5. The Morgan fingerprint density at radius 2 is 1.58 bits per heavy atom. The lowest BCUT2D eigenvalue weighted by atomic mass is 10.2. The zero-order valence-electron chi connectivity index (χ0n) is 19.0. The number of para-hydroxylation sites is 1. The maximum absolute atomic E-state index is 14.5. The van der Waals surface area contributed by atoms with Crippen LogP contribution in [0.2, 0.25) is 0 Å². The van der Waals surface area contributed by atoms with Gasteiger partial charge in [0.15, 0.2) is 0 Å². The standard InChI is InChI=1S/C24H32N3OPS2/c1-6-19(3)30-29(28,31-20(4)7-2)27(18-22-13-9-8-10-14-22)21(5)26-24-16-12-11-15-23(24)17-25/h8-16,19-20H,6-7,18H2,1-5H3. The highest BCUT2D eigenvalue weighted by molar-refractivity contribution is 8.90. The highest BCUT2D eigenvalue weighted by Gasteiger charge is 2.36. The lowest BCUT2D eigenvalue weighted by molar-refractivity contribution is 0.540. The SMILES string of the molecule is CCC(C)SP(=O)(SC(C)CC)N(Cc1ccccc1)C(C)=Nc1ccccc1C#N. The van der Waals surface area contributed by atoms with Crippen LogP contribution < -0.4 is 0 Å². The molecule has 0 aromatic heterocycles. The average Bonchev–Trinajstić information content (AvgIpc) is 2.78. The third-order valence-corrected chi connectivity index (χ3v) is 14.4. The monoisotopic (exact) mass is 473 g/mol. The fourth-order valence-corrected chi connectivity index (χ4v) is 13.6. The van der Waals surface area contributed by atoms with Gasteiger partial charge in [-0.05, 0) is 37.5 Å². The zero-order chi connectivity index (χ0) is 22.9. The summed E-state index contributed by atoms with van der Waals surface area (Å²) >= 11 is 3.13. The summed E-state index contributed by atoms with van der Waals surface area (Å²) in [6, 6.07) is 19.6. The summed E-state index contributed by atoms with van der Waals surface area (Å²) in [5.74, 6) is 0.668. The van der Waals surface area contributed by atoms with Crippen LogP contribution in [0.5, 0.6) is 0 Å². The molecule has 0 bridgehead atoms. The second kappa shape index (κ2) is 12.4. The summed E-state index contributed by atoms with van der Waals surface area (Å²) in [5, 5.41) is 10.00. The molecule has 2 aromatic rings. The fraction of sp³-hybridized carbons (Fsp3) is 0.417. The highest BCUT2D eigenvalue weighted by atomic mass is 33.1. The highest BCUT2D eigenvalue weighted by Crippen LogP contribution is 2.74. The van der Waals surface area contributed by atoms with Crippen molar-refractivity contribution in [1.82, 2.24) is 4.67 Å². The van der Waals surface area contributed by atoms with Crippen LogP contribution >= 0.6 is 28.5 Å². The quantitative estimate of drug-likeness (QED) is 0.197. The number of amidine groups is 1. The molecule has 0 aliphatic heterocycles. The predicted octanol–water partition coefficient (Wildman–Crippen LogP) is 8.28. The van der Waals surface area contributed by atoms with Gasteiger partial charge < -0.3 is 0 Å². The minimum absolute atomic E-state index is 0.264. The van der Waals surface area contributed by atoms with Crippen LogP contribution in [0.25, 0.3) is 0 Å². The largest absolute Gasteiger partial charge is 0.290 e. The van der Waals surface area contributed by atoms with Gasteiger partial charge in [0.2, 0.25) is 0 Å². The molecular weight excluding hydrogens is 441 g/mol. The first kappa shape index (κ1) is 25.6. The molecule has 0 saturated carbocycles. The van der Waals surface area contributed by atoms with Gasteiger partial charge in [-0.1, -0.05) is 92.9 Å². The molecule has 0 spiro atoms. The van der Waals surface area contributed by atoms with Crippen molar-refractivity contribution in [2.75, 3.05) is 0 Å². The number of aliphatic imine (C=N–C) groups is 1. The van der Waals surface area contributed by atoms with E-state index in [1.807, 2.05) is 48.0 Å². The van der Waals surface area contributed by atoms with E-state index in [-0.39, 0.29) is 10.5 Å². The summed E-state index contributed by atoms with van der Waals surface area (Å²) < 4.78 is 16.5. The number of benzene rings is 2. The Bertz CT molecular complexity index is 943. The smallest absolute Gasteiger partial charge is 0.282 e. The van der Waals surface area contributed by atoms with Crippen LogP contribution in [-0.4, -0.2) is 21.0 Å². The first-order valence-electron chi connectivity index (χ1n) is 10.7. The average molecular weight is 474 g/mol. The number of hydrogen-bond acceptors (Lipinski definition) is 5. The predicted molar refractivity (Wildman–Crippen MR) is 138 cm³/mol. The van der Waals surface area contributed by atoms with Crippen molar-refractivity contribution in [2.45, 2.75) is 64.5 Å². The second-order valence-electron chi connectivity index (χ2n) is 7.45. The van der Waals surface area contributed by atoms with Crippen LogP contribution in [0.1, 0.15) is 58.6 Å². The van der Waals surface area contributed by atoms with Gasteiger partial charge in [-0.15, -0.1) is 0 Å². The normalized spacial score (nSPS) is 15.5. The van der Waals surface area contributed by atoms with Gasteiger partial charge in [0.1, 0.15) is 11.9 Å². The molecule has 31 heavy (non-hydrogen) atoms. The van der Waals surface area contributed by atoms with Crippen molar-refractivity contribution in [1.29, 1.82) is 5.26 Å². The lowest BCUT2D eigenvalue weighted by Crippen LogP contribution is -2.25. The third kappa shape index (κ3) is 7.45. The minimum Gasteiger partial charge on any atom is -0.290 e. The van der Waals surface area contributed by atoms with Crippen LogP contribution in [0.3, 0.4) is 0 Å². The number of nitrogens with zero attached hydrogens (tertiary/aromatic N) is 3. The molecular formula is C24H32N3OPS2. The van der Waals surface area contributed by atoms with Gasteiger partial charge in [-0.25, -0.2) is 4.99 Å². The van der Waals surface area contributed by atoms with E-state index in [0.717, 1.165) is 18.4 Å². The van der Waals surface area contributed by atoms with E-state index in [2.05, 4.69) is 45.9 Å². The lowest BCUT2D eigenvalue weighted by Gasteiger charge is -2.34. The Morgan fingerprint density at radius 1 is 1.03 bits per heavy atom. The molecule has 0 N–H and O–H groups in total. The van der Waals surface area contributed by atoms with Crippen LogP contribution in [0.15, 0.2) is 59.6 Å². The van der Waals surface area contributed by atoms with Gasteiger partial charge >= 0.3 is 0 Å². The molecule has 0 heterocycles. The summed E-state index contributed by atoms with van der Waals surface area (Å²) in [6.45, 7) is 10.9. The maximum Gasteiger partial charge on any atom is 0.282 e.